The van der Waals surface area contributed by atoms with Crippen molar-refractivity contribution in [1.29, 1.82) is 0 Å². The van der Waals surface area contributed by atoms with Crippen LogP contribution in [0.1, 0.15) is 12.0 Å². The van der Waals surface area contributed by atoms with Crippen molar-refractivity contribution in [3.8, 4) is 0 Å². The zero-order valence-electron chi connectivity index (χ0n) is 8.41. The molecule has 1 aliphatic rings. The molecule has 0 aliphatic carbocycles. The van der Waals surface area contributed by atoms with E-state index in [2.05, 4.69) is 15.9 Å². The Morgan fingerprint density at radius 1 is 1.27 bits per heavy atom. The highest BCUT2D eigenvalue weighted by Crippen LogP contribution is 2.38. The van der Waals surface area contributed by atoms with Gasteiger partial charge in [0.05, 0.1) is 13.2 Å². The van der Waals surface area contributed by atoms with Gasteiger partial charge in [0.25, 0.3) is 0 Å². The molecule has 1 heterocycles. The van der Waals surface area contributed by atoms with Gasteiger partial charge in [0.2, 0.25) is 0 Å². The maximum Gasteiger partial charge on any atom is 0.197 e. The summed E-state index contributed by atoms with van der Waals surface area (Å²) < 4.78 is 12.4. The van der Waals surface area contributed by atoms with E-state index in [-0.39, 0.29) is 0 Å². The van der Waals surface area contributed by atoms with E-state index in [1.807, 2.05) is 24.3 Å². The van der Waals surface area contributed by atoms with Gasteiger partial charge in [-0.3, -0.25) is 0 Å². The summed E-state index contributed by atoms with van der Waals surface area (Å²) in [5, 5.41) is 0. The fraction of sp³-hybridized carbons (Fsp3) is 0.455. The van der Waals surface area contributed by atoms with Gasteiger partial charge < -0.3 is 15.2 Å². The Balaban J connectivity index is 2.36. The summed E-state index contributed by atoms with van der Waals surface area (Å²) in [6, 6.07) is 7.94. The van der Waals surface area contributed by atoms with E-state index in [4.69, 9.17) is 15.2 Å². The molecule has 1 saturated heterocycles. The van der Waals surface area contributed by atoms with Gasteiger partial charge in [-0.25, -0.2) is 0 Å². The molecule has 3 nitrogen and oxygen atoms in total. The second kappa shape index (κ2) is 4.61. The fourth-order valence-electron chi connectivity index (χ4n) is 1.85. The molecule has 0 bridgehead atoms. The largest absolute Gasteiger partial charge is 0.343 e. The Bertz CT molecular complexity index is 337. The topological polar surface area (TPSA) is 44.5 Å². The standard InChI is InChI=1S/C11H14BrNO2/c12-10-4-2-1-3-9(10)11(5-6-13)14-7-8-15-11/h1-4H,5-8,13H2. The van der Waals surface area contributed by atoms with Crippen LogP contribution < -0.4 is 5.73 Å². The molecule has 0 amide bonds. The number of nitrogens with two attached hydrogens (primary N) is 1. The minimum absolute atomic E-state index is 0.543. The Kier molecular flexibility index (Phi) is 3.41. The zero-order chi connectivity index (χ0) is 10.7. The predicted octanol–water partition coefficient (Wildman–Crippen LogP) is 2.00. The molecule has 1 aromatic rings. The highest BCUT2D eigenvalue weighted by molar-refractivity contribution is 9.10. The first-order chi connectivity index (χ1) is 7.28. The second-order valence-electron chi connectivity index (χ2n) is 3.47. The third kappa shape index (κ3) is 2.08. The summed E-state index contributed by atoms with van der Waals surface area (Å²) in [5.74, 6) is -0.644. The molecule has 0 saturated carbocycles. The van der Waals surface area contributed by atoms with Crippen molar-refractivity contribution in [3.63, 3.8) is 0 Å². The van der Waals surface area contributed by atoms with E-state index in [1.54, 1.807) is 0 Å². The van der Waals surface area contributed by atoms with E-state index in [1.165, 1.54) is 0 Å². The average molecular weight is 272 g/mol. The molecule has 2 N–H and O–H groups in total. The number of ether oxygens (including phenoxy) is 2. The van der Waals surface area contributed by atoms with Crippen molar-refractivity contribution in [2.45, 2.75) is 12.2 Å². The summed E-state index contributed by atoms with van der Waals surface area (Å²) in [4.78, 5) is 0. The minimum Gasteiger partial charge on any atom is -0.343 e. The van der Waals surface area contributed by atoms with Gasteiger partial charge in [-0.2, -0.15) is 0 Å². The van der Waals surface area contributed by atoms with Gasteiger partial charge in [0.1, 0.15) is 0 Å². The Hall–Kier alpha value is -0.420. The molecule has 1 aromatic carbocycles. The quantitative estimate of drug-likeness (QED) is 0.915. The van der Waals surface area contributed by atoms with Gasteiger partial charge in [-0.15, -0.1) is 0 Å². The summed E-state index contributed by atoms with van der Waals surface area (Å²) in [6.07, 6.45) is 0.676. The van der Waals surface area contributed by atoms with E-state index >= 15 is 0 Å². The van der Waals surface area contributed by atoms with Gasteiger partial charge in [-0.1, -0.05) is 34.1 Å². The Morgan fingerprint density at radius 2 is 1.93 bits per heavy atom. The van der Waals surface area contributed by atoms with Crippen molar-refractivity contribution in [2.24, 2.45) is 5.73 Å². The molecule has 2 rings (SSSR count). The highest BCUT2D eigenvalue weighted by atomic mass is 79.9. The molecule has 0 aromatic heterocycles. The first kappa shape index (κ1) is 11.1. The lowest BCUT2D eigenvalue weighted by Gasteiger charge is -2.28. The molecule has 0 unspecified atom stereocenters. The van der Waals surface area contributed by atoms with E-state index < -0.39 is 5.79 Å². The number of halogens is 1. The highest BCUT2D eigenvalue weighted by Gasteiger charge is 2.38. The normalized spacial score (nSPS) is 19.3. The smallest absolute Gasteiger partial charge is 0.197 e. The summed E-state index contributed by atoms with van der Waals surface area (Å²) >= 11 is 3.51. The van der Waals surface area contributed by atoms with Crippen molar-refractivity contribution >= 4 is 15.9 Å². The van der Waals surface area contributed by atoms with Crippen LogP contribution in [0.3, 0.4) is 0 Å². The monoisotopic (exact) mass is 271 g/mol. The number of benzene rings is 1. The number of hydrogen-bond acceptors (Lipinski definition) is 3. The van der Waals surface area contributed by atoms with Crippen molar-refractivity contribution in [3.05, 3.63) is 34.3 Å². The van der Waals surface area contributed by atoms with Crippen LogP contribution in [0.5, 0.6) is 0 Å². The van der Waals surface area contributed by atoms with Gasteiger partial charge in [0, 0.05) is 16.5 Å². The second-order valence-corrected chi connectivity index (χ2v) is 4.32. The van der Waals surface area contributed by atoms with Gasteiger partial charge in [-0.05, 0) is 12.6 Å². The van der Waals surface area contributed by atoms with Crippen molar-refractivity contribution in [1.82, 2.24) is 0 Å². The summed E-state index contributed by atoms with van der Waals surface area (Å²) in [7, 11) is 0. The first-order valence-corrected chi connectivity index (χ1v) is 5.81. The van der Waals surface area contributed by atoms with Crippen LogP contribution in [0.2, 0.25) is 0 Å². The maximum atomic E-state index is 5.72. The predicted molar refractivity (Wildman–Crippen MR) is 61.4 cm³/mol. The first-order valence-electron chi connectivity index (χ1n) is 5.01. The lowest BCUT2D eigenvalue weighted by molar-refractivity contribution is -0.169. The van der Waals surface area contributed by atoms with Gasteiger partial charge >= 0.3 is 0 Å². The SMILES string of the molecule is NCCC1(c2ccccc2Br)OCCO1. The molecule has 0 radical (unpaired) electrons. The van der Waals surface area contributed by atoms with E-state index in [9.17, 15) is 0 Å². The third-order valence-electron chi connectivity index (χ3n) is 2.51. The minimum atomic E-state index is -0.644. The molecule has 0 spiro atoms. The molecule has 15 heavy (non-hydrogen) atoms. The van der Waals surface area contributed by atoms with Crippen LogP contribution in [-0.4, -0.2) is 19.8 Å². The van der Waals surface area contributed by atoms with Crippen LogP contribution in [0, 0.1) is 0 Å². The van der Waals surface area contributed by atoms with Crippen LogP contribution in [0.4, 0.5) is 0 Å². The zero-order valence-corrected chi connectivity index (χ0v) is 10.00. The average Bonchev–Trinajstić information content (AvgIpc) is 2.69. The van der Waals surface area contributed by atoms with E-state index in [0.717, 1.165) is 10.0 Å². The molecule has 4 heteroatoms. The summed E-state index contributed by atoms with van der Waals surface area (Å²) in [6.45, 7) is 1.80. The number of hydrogen-bond donors (Lipinski definition) is 1. The van der Waals surface area contributed by atoms with Crippen LogP contribution in [0.25, 0.3) is 0 Å². The van der Waals surface area contributed by atoms with Crippen molar-refractivity contribution in [2.75, 3.05) is 19.8 Å². The van der Waals surface area contributed by atoms with Crippen LogP contribution in [0.15, 0.2) is 28.7 Å². The lowest BCUT2D eigenvalue weighted by atomic mass is 10.0. The van der Waals surface area contributed by atoms with Crippen molar-refractivity contribution < 1.29 is 9.47 Å². The van der Waals surface area contributed by atoms with E-state index in [0.29, 0.717) is 26.2 Å². The van der Waals surface area contributed by atoms with Crippen LogP contribution in [-0.2, 0) is 15.3 Å². The van der Waals surface area contributed by atoms with Crippen LogP contribution >= 0.6 is 15.9 Å². The molecule has 0 atom stereocenters. The molecule has 82 valence electrons. The molecule has 1 fully saturated rings. The summed E-state index contributed by atoms with van der Waals surface area (Å²) in [5.41, 5.74) is 6.63. The maximum absolute atomic E-state index is 5.72. The lowest BCUT2D eigenvalue weighted by Crippen LogP contribution is -2.30. The Morgan fingerprint density at radius 3 is 2.53 bits per heavy atom. The molecular formula is C11H14BrNO2. The molecule has 1 aliphatic heterocycles. The number of rotatable bonds is 3. The molecular weight excluding hydrogens is 258 g/mol. The Labute approximate surface area is 97.7 Å². The van der Waals surface area contributed by atoms with Gasteiger partial charge in [0.15, 0.2) is 5.79 Å². The fourth-order valence-corrected chi connectivity index (χ4v) is 2.44. The third-order valence-corrected chi connectivity index (χ3v) is 3.20.